The summed E-state index contributed by atoms with van der Waals surface area (Å²) in [5.74, 6) is 1.12. The van der Waals surface area contributed by atoms with Gasteiger partial charge in [-0.15, -0.1) is 0 Å². The monoisotopic (exact) mass is 357 g/mol. The molecule has 0 spiro atoms. The molecule has 1 saturated heterocycles. The highest BCUT2D eigenvalue weighted by Crippen LogP contribution is 2.27. The van der Waals surface area contributed by atoms with Crippen LogP contribution < -0.4 is 9.47 Å². The Morgan fingerprint density at radius 3 is 2.81 bits per heavy atom. The molecule has 1 fully saturated rings. The van der Waals surface area contributed by atoms with Gasteiger partial charge in [0.2, 0.25) is 0 Å². The van der Waals surface area contributed by atoms with Crippen molar-refractivity contribution in [2.24, 2.45) is 0 Å². The van der Waals surface area contributed by atoms with Gasteiger partial charge in [0, 0.05) is 11.9 Å². The zero-order valence-electron chi connectivity index (χ0n) is 12.5. The SMILES string of the molecule is COc1ccc(OC)c(C(=O)N2CC(CBr)OCC2C)c1. The summed E-state index contributed by atoms with van der Waals surface area (Å²) in [6.45, 7) is 3.08. The van der Waals surface area contributed by atoms with Crippen molar-refractivity contribution in [3.05, 3.63) is 23.8 Å². The van der Waals surface area contributed by atoms with Crippen molar-refractivity contribution >= 4 is 21.8 Å². The highest BCUT2D eigenvalue weighted by atomic mass is 79.9. The molecular weight excluding hydrogens is 338 g/mol. The summed E-state index contributed by atoms with van der Waals surface area (Å²) in [5, 5.41) is 0.707. The number of hydrogen-bond donors (Lipinski definition) is 0. The number of hydrogen-bond acceptors (Lipinski definition) is 4. The quantitative estimate of drug-likeness (QED) is 0.776. The van der Waals surface area contributed by atoms with E-state index in [9.17, 15) is 4.79 Å². The molecule has 5 nitrogen and oxygen atoms in total. The fourth-order valence-electron chi connectivity index (χ4n) is 2.33. The lowest BCUT2D eigenvalue weighted by molar-refractivity contribution is -0.0362. The summed E-state index contributed by atoms with van der Waals surface area (Å²) >= 11 is 3.41. The normalized spacial score (nSPS) is 22.0. The van der Waals surface area contributed by atoms with Crippen LogP contribution in [0.5, 0.6) is 11.5 Å². The van der Waals surface area contributed by atoms with Crippen molar-refractivity contribution in [2.75, 3.05) is 32.7 Å². The Morgan fingerprint density at radius 1 is 1.43 bits per heavy atom. The van der Waals surface area contributed by atoms with E-state index in [4.69, 9.17) is 14.2 Å². The first-order valence-corrected chi connectivity index (χ1v) is 7.93. The molecule has 0 bridgehead atoms. The average Bonchev–Trinajstić information content (AvgIpc) is 2.54. The second-order valence-electron chi connectivity index (χ2n) is 4.98. The lowest BCUT2D eigenvalue weighted by Crippen LogP contribution is -2.51. The minimum atomic E-state index is -0.0625. The molecule has 1 amide bonds. The van der Waals surface area contributed by atoms with Crippen LogP contribution in [0.15, 0.2) is 18.2 Å². The van der Waals surface area contributed by atoms with Gasteiger partial charge in [0.15, 0.2) is 0 Å². The Hall–Kier alpha value is -1.27. The third kappa shape index (κ3) is 3.49. The summed E-state index contributed by atoms with van der Waals surface area (Å²) in [6.07, 6.45) is 0.0155. The maximum Gasteiger partial charge on any atom is 0.258 e. The smallest absolute Gasteiger partial charge is 0.258 e. The standard InChI is InChI=1S/C15H20BrNO4/c1-10-9-21-12(7-16)8-17(10)15(18)13-6-11(19-2)4-5-14(13)20-3/h4-6,10,12H,7-9H2,1-3H3. The second-order valence-corrected chi connectivity index (χ2v) is 5.63. The van der Waals surface area contributed by atoms with Crippen molar-refractivity contribution < 1.29 is 19.0 Å². The molecule has 2 unspecified atom stereocenters. The van der Waals surface area contributed by atoms with Gasteiger partial charge in [-0.2, -0.15) is 0 Å². The van der Waals surface area contributed by atoms with Gasteiger partial charge in [0.25, 0.3) is 5.91 Å². The summed E-state index contributed by atoms with van der Waals surface area (Å²) in [4.78, 5) is 14.7. The summed E-state index contributed by atoms with van der Waals surface area (Å²) in [5.41, 5.74) is 0.513. The van der Waals surface area contributed by atoms with Gasteiger partial charge in [-0.25, -0.2) is 0 Å². The van der Waals surface area contributed by atoms with Crippen LogP contribution in [-0.4, -0.2) is 55.7 Å². The van der Waals surface area contributed by atoms with Crippen LogP contribution in [0.3, 0.4) is 0 Å². The molecule has 0 saturated carbocycles. The van der Waals surface area contributed by atoms with Crippen LogP contribution in [0.25, 0.3) is 0 Å². The van der Waals surface area contributed by atoms with E-state index in [2.05, 4.69) is 15.9 Å². The number of halogens is 1. The Morgan fingerprint density at radius 2 is 2.19 bits per heavy atom. The number of alkyl halides is 1. The van der Waals surface area contributed by atoms with Crippen molar-refractivity contribution in [1.82, 2.24) is 4.90 Å². The van der Waals surface area contributed by atoms with Crippen LogP contribution in [-0.2, 0) is 4.74 Å². The van der Waals surface area contributed by atoms with E-state index >= 15 is 0 Å². The second kappa shape index (κ2) is 7.13. The number of nitrogens with zero attached hydrogens (tertiary/aromatic N) is 1. The van der Waals surface area contributed by atoms with Gasteiger partial charge in [0.05, 0.1) is 38.5 Å². The molecule has 6 heteroatoms. The Kier molecular flexibility index (Phi) is 5.47. The maximum atomic E-state index is 12.8. The van der Waals surface area contributed by atoms with E-state index in [0.29, 0.717) is 35.5 Å². The fraction of sp³-hybridized carbons (Fsp3) is 0.533. The third-order valence-corrected chi connectivity index (χ3v) is 4.30. The zero-order valence-corrected chi connectivity index (χ0v) is 14.1. The van der Waals surface area contributed by atoms with Crippen molar-refractivity contribution in [3.63, 3.8) is 0 Å². The maximum absolute atomic E-state index is 12.8. The average molecular weight is 358 g/mol. The van der Waals surface area contributed by atoms with E-state index in [0.717, 1.165) is 0 Å². The number of carbonyl (C=O) groups excluding carboxylic acids is 1. The Bertz CT molecular complexity index is 508. The first kappa shape index (κ1) is 16.1. The minimum absolute atomic E-state index is 0.0155. The number of morpholine rings is 1. The lowest BCUT2D eigenvalue weighted by Gasteiger charge is -2.37. The third-order valence-electron chi connectivity index (χ3n) is 3.58. The van der Waals surface area contributed by atoms with E-state index in [1.54, 1.807) is 32.4 Å². The molecule has 21 heavy (non-hydrogen) atoms. The van der Waals surface area contributed by atoms with Crippen LogP contribution in [0.1, 0.15) is 17.3 Å². The summed E-state index contributed by atoms with van der Waals surface area (Å²) in [6, 6.07) is 5.27. The number of amides is 1. The molecular formula is C15H20BrNO4. The molecule has 0 aromatic heterocycles. The van der Waals surface area contributed by atoms with E-state index in [1.165, 1.54) is 0 Å². The number of methoxy groups -OCH3 is 2. The largest absolute Gasteiger partial charge is 0.497 e. The zero-order chi connectivity index (χ0) is 15.4. The van der Waals surface area contributed by atoms with Crippen molar-refractivity contribution in [2.45, 2.75) is 19.1 Å². The highest BCUT2D eigenvalue weighted by molar-refractivity contribution is 9.09. The molecule has 1 aromatic carbocycles. The lowest BCUT2D eigenvalue weighted by atomic mass is 10.1. The number of rotatable bonds is 4. The topological polar surface area (TPSA) is 48.0 Å². The number of ether oxygens (including phenoxy) is 3. The number of benzene rings is 1. The fourth-order valence-corrected chi connectivity index (χ4v) is 2.72. The van der Waals surface area contributed by atoms with Crippen molar-refractivity contribution in [3.8, 4) is 11.5 Å². The molecule has 116 valence electrons. The molecule has 2 atom stereocenters. The summed E-state index contributed by atoms with van der Waals surface area (Å²) in [7, 11) is 3.14. The van der Waals surface area contributed by atoms with Crippen LogP contribution >= 0.6 is 15.9 Å². The van der Waals surface area contributed by atoms with Gasteiger partial charge >= 0.3 is 0 Å². The van der Waals surface area contributed by atoms with Crippen LogP contribution in [0, 0.1) is 0 Å². The van der Waals surface area contributed by atoms with Gasteiger partial charge in [0.1, 0.15) is 11.5 Å². The number of carbonyl (C=O) groups is 1. The Labute approximate surface area is 133 Å². The van der Waals surface area contributed by atoms with Gasteiger partial charge in [-0.1, -0.05) is 15.9 Å². The van der Waals surface area contributed by atoms with Gasteiger partial charge < -0.3 is 19.1 Å². The molecule has 2 rings (SSSR count). The molecule has 0 aliphatic carbocycles. The molecule has 1 heterocycles. The molecule has 1 aliphatic heterocycles. The predicted molar refractivity (Wildman–Crippen MR) is 83.6 cm³/mol. The van der Waals surface area contributed by atoms with Gasteiger partial charge in [-0.05, 0) is 25.1 Å². The highest BCUT2D eigenvalue weighted by Gasteiger charge is 2.31. The Balaban J connectivity index is 2.29. The van der Waals surface area contributed by atoms with Crippen LogP contribution in [0.2, 0.25) is 0 Å². The molecule has 1 aliphatic rings. The summed E-state index contributed by atoms with van der Waals surface area (Å²) < 4.78 is 16.2. The minimum Gasteiger partial charge on any atom is -0.497 e. The first-order valence-electron chi connectivity index (χ1n) is 6.81. The van der Waals surface area contributed by atoms with E-state index in [1.807, 2.05) is 11.8 Å². The van der Waals surface area contributed by atoms with Crippen LogP contribution in [0.4, 0.5) is 0 Å². The van der Waals surface area contributed by atoms with Crippen molar-refractivity contribution in [1.29, 1.82) is 0 Å². The van der Waals surface area contributed by atoms with E-state index in [-0.39, 0.29) is 18.1 Å². The van der Waals surface area contributed by atoms with E-state index < -0.39 is 0 Å². The molecule has 1 aromatic rings. The van der Waals surface area contributed by atoms with Gasteiger partial charge in [-0.3, -0.25) is 4.79 Å². The predicted octanol–water partition coefficient (Wildman–Crippen LogP) is 2.33. The molecule has 0 N–H and O–H groups in total. The molecule has 0 radical (unpaired) electrons. The first-order chi connectivity index (χ1) is 10.1.